The van der Waals surface area contributed by atoms with E-state index in [-0.39, 0.29) is 11.6 Å². The van der Waals surface area contributed by atoms with Crippen LogP contribution in [0.4, 0.5) is 0 Å². The normalized spacial score (nSPS) is 21.1. The van der Waals surface area contributed by atoms with Gasteiger partial charge in [0.1, 0.15) is 0 Å². The third kappa shape index (κ3) is 3.64. The van der Waals surface area contributed by atoms with Gasteiger partial charge in [0.25, 0.3) is 0 Å². The Kier molecular flexibility index (Phi) is 4.46. The number of nitrogens with one attached hydrogen (secondary N) is 1. The number of carboxylic acids is 1. The number of nitrogens with zero attached hydrogens (tertiary/aromatic N) is 3. The minimum absolute atomic E-state index is 0.275. The third-order valence-corrected chi connectivity index (χ3v) is 3.53. The monoisotopic (exact) mass is 291 g/mol. The molecule has 0 aromatic carbocycles. The largest absolute Gasteiger partial charge is 0.550 e. The number of thioether (sulfide) groups is 1. The lowest BCUT2D eigenvalue weighted by atomic mass is 10.3. The van der Waals surface area contributed by atoms with E-state index in [9.17, 15) is 14.7 Å². The second-order valence-corrected chi connectivity index (χ2v) is 5.17. The van der Waals surface area contributed by atoms with Gasteiger partial charge in [0.15, 0.2) is 5.17 Å². The Morgan fingerprint density at radius 1 is 1.55 bits per heavy atom. The first-order chi connectivity index (χ1) is 9.56. The molecule has 7 nitrogen and oxygen atoms in total. The number of amides is 1. The van der Waals surface area contributed by atoms with Gasteiger partial charge in [-0.15, -0.1) is 5.10 Å². The Balaban J connectivity index is 2.06. The number of hydrogen-bond donors (Lipinski definition) is 1. The number of carboxylic acid groups (broad SMARTS) is 1. The Morgan fingerprint density at radius 3 is 3.00 bits per heavy atom. The average Bonchev–Trinajstić information content (AvgIpc) is 2.77. The second-order valence-electron chi connectivity index (χ2n) is 3.98. The molecule has 0 bridgehead atoms. The lowest BCUT2D eigenvalue weighted by Gasteiger charge is -2.04. The maximum atomic E-state index is 11.5. The van der Waals surface area contributed by atoms with Crippen LogP contribution in [0.2, 0.25) is 0 Å². The highest BCUT2D eigenvalue weighted by Crippen LogP contribution is 2.22. The van der Waals surface area contributed by atoms with Crippen LogP contribution in [0.3, 0.4) is 0 Å². The number of pyridine rings is 1. The number of hydrogen-bond acceptors (Lipinski definition) is 7. The van der Waals surface area contributed by atoms with E-state index in [4.69, 9.17) is 0 Å². The molecule has 1 aromatic heterocycles. The number of amidine groups is 1. The van der Waals surface area contributed by atoms with Gasteiger partial charge in [-0.25, -0.2) is 0 Å². The predicted octanol–water partition coefficient (Wildman–Crippen LogP) is -0.467. The fourth-order valence-electron chi connectivity index (χ4n) is 1.49. The molecular weight excluding hydrogens is 280 g/mol. The summed E-state index contributed by atoms with van der Waals surface area (Å²) in [5, 5.41) is 20.4. The van der Waals surface area contributed by atoms with E-state index < -0.39 is 17.1 Å². The zero-order chi connectivity index (χ0) is 14.5. The van der Waals surface area contributed by atoms with Crippen molar-refractivity contribution < 1.29 is 14.7 Å². The minimum atomic E-state index is -1.27. The molecule has 1 aliphatic heterocycles. The van der Waals surface area contributed by atoms with Crippen molar-refractivity contribution in [2.24, 2.45) is 10.2 Å². The van der Waals surface area contributed by atoms with Crippen molar-refractivity contribution in [3.63, 3.8) is 0 Å². The predicted molar refractivity (Wildman–Crippen MR) is 73.0 cm³/mol. The zero-order valence-electron chi connectivity index (χ0n) is 10.6. The molecule has 0 unspecified atom stereocenters. The van der Waals surface area contributed by atoms with E-state index in [0.717, 1.165) is 11.8 Å². The molecule has 0 spiro atoms. The third-order valence-electron chi connectivity index (χ3n) is 2.45. The molecule has 8 heteroatoms. The summed E-state index contributed by atoms with van der Waals surface area (Å²) in [6.07, 6.45) is 1.29. The van der Waals surface area contributed by atoms with Gasteiger partial charge in [-0.3, -0.25) is 9.78 Å². The Morgan fingerprint density at radius 2 is 2.35 bits per heavy atom. The second kappa shape index (κ2) is 6.29. The molecule has 2 rings (SSSR count). The van der Waals surface area contributed by atoms with Crippen LogP contribution in [0.5, 0.6) is 0 Å². The van der Waals surface area contributed by atoms with Crippen LogP contribution >= 0.6 is 11.8 Å². The number of aromatic nitrogens is 1. The summed E-state index contributed by atoms with van der Waals surface area (Å²) in [7, 11) is 0. The highest BCUT2D eigenvalue weighted by molar-refractivity contribution is 8.15. The standard InChI is InChI=1S/C12H12N4O3S/c1-7(8-4-2-3-5-13-8)15-16-12-14-11(19)9(20-12)6-10(17)18/h2-5,9H,6H2,1H3,(H,17,18)(H,14,16,19)/p-1/b15-7-/t9-/m1/s1. The molecule has 1 saturated heterocycles. The molecule has 1 N–H and O–H groups in total. The van der Waals surface area contributed by atoms with E-state index in [0.29, 0.717) is 11.4 Å². The first-order valence-electron chi connectivity index (χ1n) is 5.77. The van der Waals surface area contributed by atoms with Gasteiger partial charge in [-0.2, -0.15) is 5.10 Å². The smallest absolute Gasteiger partial charge is 0.239 e. The lowest BCUT2D eigenvalue weighted by Crippen LogP contribution is -2.31. The highest BCUT2D eigenvalue weighted by atomic mass is 32.2. The summed E-state index contributed by atoms with van der Waals surface area (Å²) in [5.41, 5.74) is 1.27. The molecule has 20 heavy (non-hydrogen) atoms. The van der Waals surface area contributed by atoms with E-state index in [1.807, 2.05) is 6.07 Å². The summed E-state index contributed by atoms with van der Waals surface area (Å²) in [4.78, 5) is 26.1. The molecule has 0 aliphatic carbocycles. The molecule has 2 heterocycles. The topological polar surface area (TPSA) is 107 Å². The number of carbonyl (C=O) groups excluding carboxylic acids is 2. The van der Waals surface area contributed by atoms with Crippen molar-refractivity contribution in [3.05, 3.63) is 30.1 Å². The van der Waals surface area contributed by atoms with E-state index in [1.54, 1.807) is 25.3 Å². The summed E-state index contributed by atoms with van der Waals surface area (Å²) in [5.74, 6) is -1.67. The van der Waals surface area contributed by atoms with Gasteiger partial charge in [0, 0.05) is 18.6 Å². The van der Waals surface area contributed by atoms with Crippen LogP contribution in [0, 0.1) is 0 Å². The van der Waals surface area contributed by atoms with Crippen LogP contribution in [0.1, 0.15) is 19.0 Å². The molecule has 1 aromatic rings. The van der Waals surface area contributed by atoms with E-state index in [1.165, 1.54) is 0 Å². The van der Waals surface area contributed by atoms with Crippen LogP contribution in [0.25, 0.3) is 0 Å². The summed E-state index contributed by atoms with van der Waals surface area (Å²) >= 11 is 1.03. The molecule has 1 atom stereocenters. The highest BCUT2D eigenvalue weighted by Gasteiger charge is 2.30. The zero-order valence-corrected chi connectivity index (χ0v) is 11.4. The van der Waals surface area contributed by atoms with Gasteiger partial charge < -0.3 is 15.2 Å². The van der Waals surface area contributed by atoms with Gasteiger partial charge >= 0.3 is 0 Å². The quantitative estimate of drug-likeness (QED) is 0.596. The Bertz CT molecular complexity index is 586. The van der Waals surface area contributed by atoms with Crippen molar-refractivity contribution in [3.8, 4) is 0 Å². The van der Waals surface area contributed by atoms with Crippen LogP contribution < -0.4 is 10.4 Å². The van der Waals surface area contributed by atoms with Gasteiger partial charge in [-0.05, 0) is 19.1 Å². The molecule has 1 fully saturated rings. The van der Waals surface area contributed by atoms with Crippen molar-refractivity contribution in [1.29, 1.82) is 0 Å². The first kappa shape index (κ1) is 14.2. The minimum Gasteiger partial charge on any atom is -0.550 e. The van der Waals surface area contributed by atoms with Crippen molar-refractivity contribution in [2.45, 2.75) is 18.6 Å². The molecule has 0 saturated carbocycles. The van der Waals surface area contributed by atoms with Crippen LogP contribution in [-0.4, -0.2) is 33.0 Å². The fraction of sp³-hybridized carbons (Fsp3) is 0.250. The van der Waals surface area contributed by atoms with Crippen LogP contribution in [0.15, 0.2) is 34.6 Å². The SMILES string of the molecule is C/C(=N/N=C1/NC(=O)[C@@H](CC(=O)[O-])S1)c1ccccn1. The maximum Gasteiger partial charge on any atom is 0.239 e. The van der Waals surface area contributed by atoms with Crippen LogP contribution in [-0.2, 0) is 9.59 Å². The number of carbonyl (C=O) groups is 2. The summed E-state index contributed by atoms with van der Waals surface area (Å²) in [6, 6.07) is 5.41. The Hall–Kier alpha value is -2.22. The van der Waals surface area contributed by atoms with E-state index >= 15 is 0 Å². The first-order valence-corrected chi connectivity index (χ1v) is 6.65. The molecular formula is C12H11N4O3S-. The molecule has 1 aliphatic rings. The van der Waals surface area contributed by atoms with Gasteiger partial charge in [-0.1, -0.05) is 17.8 Å². The van der Waals surface area contributed by atoms with Gasteiger partial charge in [0.05, 0.1) is 16.7 Å². The van der Waals surface area contributed by atoms with Crippen molar-refractivity contribution >= 4 is 34.5 Å². The average molecular weight is 291 g/mol. The summed E-state index contributed by atoms with van der Waals surface area (Å²) in [6.45, 7) is 1.74. The molecule has 0 radical (unpaired) electrons. The van der Waals surface area contributed by atoms with Crippen molar-refractivity contribution in [2.75, 3.05) is 0 Å². The van der Waals surface area contributed by atoms with Gasteiger partial charge in [0.2, 0.25) is 5.91 Å². The maximum absolute atomic E-state index is 11.5. The Labute approximate surface area is 119 Å². The lowest BCUT2D eigenvalue weighted by molar-refractivity contribution is -0.305. The molecule has 1 amide bonds. The molecule has 104 valence electrons. The summed E-state index contributed by atoms with van der Waals surface area (Å²) < 4.78 is 0. The number of rotatable bonds is 4. The fourth-order valence-corrected chi connectivity index (χ4v) is 2.39. The number of aliphatic carboxylic acids is 1. The van der Waals surface area contributed by atoms with E-state index in [2.05, 4.69) is 20.5 Å². The van der Waals surface area contributed by atoms with Crippen molar-refractivity contribution in [1.82, 2.24) is 10.3 Å².